The van der Waals surface area contributed by atoms with Gasteiger partial charge in [0.1, 0.15) is 0 Å². The molecular formula is C19H42N2. The van der Waals surface area contributed by atoms with Crippen molar-refractivity contribution in [2.75, 3.05) is 6.54 Å². The molecule has 0 unspecified atom stereocenters. The summed E-state index contributed by atoms with van der Waals surface area (Å²) >= 11 is 0. The van der Waals surface area contributed by atoms with Gasteiger partial charge in [-0.15, -0.1) is 0 Å². The van der Waals surface area contributed by atoms with Crippen LogP contribution in [0.25, 0.3) is 0 Å². The second-order valence-electron chi connectivity index (χ2n) is 6.94. The largest absolute Gasteiger partial charge is 0.330 e. The summed E-state index contributed by atoms with van der Waals surface area (Å²) in [7, 11) is 0. The average molecular weight is 299 g/mol. The van der Waals surface area contributed by atoms with Crippen molar-refractivity contribution < 1.29 is 0 Å². The summed E-state index contributed by atoms with van der Waals surface area (Å²) in [5.41, 5.74) is 12.4. The number of hydrogen-bond acceptors (Lipinski definition) is 2. The third-order valence-electron chi connectivity index (χ3n) is 4.70. The Morgan fingerprint density at radius 2 is 0.952 bits per heavy atom. The van der Waals surface area contributed by atoms with E-state index in [1.165, 1.54) is 89.9 Å². The Morgan fingerprint density at radius 3 is 1.33 bits per heavy atom. The van der Waals surface area contributed by atoms with Crippen molar-refractivity contribution in [2.24, 2.45) is 11.5 Å². The molecule has 0 aromatic rings. The van der Waals surface area contributed by atoms with Crippen molar-refractivity contribution >= 4 is 0 Å². The molecule has 2 heteroatoms. The number of rotatable bonds is 16. The van der Waals surface area contributed by atoms with Crippen molar-refractivity contribution in [3.05, 3.63) is 0 Å². The van der Waals surface area contributed by atoms with Gasteiger partial charge in [0.2, 0.25) is 0 Å². The number of unbranched alkanes of at least 4 members (excludes halogenated alkanes) is 10. The van der Waals surface area contributed by atoms with Gasteiger partial charge in [0, 0.05) is 5.54 Å². The zero-order valence-electron chi connectivity index (χ0n) is 15.0. The Hall–Kier alpha value is -0.0800. The standard InChI is InChI=1S/C19H42N2/c1-3-5-7-9-11-13-15-19(21,17-18-20)16-14-12-10-8-6-4-2/h3-18,20-21H2,1-2H3. The Labute approximate surface area is 134 Å². The first-order chi connectivity index (χ1) is 10.2. The molecule has 0 amide bonds. The van der Waals surface area contributed by atoms with Crippen LogP contribution in [0.4, 0.5) is 0 Å². The first-order valence-electron chi connectivity index (χ1n) is 9.67. The average Bonchev–Trinajstić information content (AvgIpc) is 2.47. The minimum absolute atomic E-state index is 0.0181. The molecule has 0 rings (SSSR count). The topological polar surface area (TPSA) is 52.0 Å². The van der Waals surface area contributed by atoms with Gasteiger partial charge in [-0.3, -0.25) is 0 Å². The molecule has 0 aromatic heterocycles. The molecule has 0 atom stereocenters. The van der Waals surface area contributed by atoms with Crippen LogP contribution in [0.1, 0.15) is 110 Å². The third-order valence-corrected chi connectivity index (χ3v) is 4.70. The maximum atomic E-state index is 6.61. The Bertz CT molecular complexity index is 188. The SMILES string of the molecule is CCCCCCCCC(N)(CCN)CCCCCCCC. The molecule has 128 valence electrons. The fourth-order valence-electron chi connectivity index (χ4n) is 3.18. The fraction of sp³-hybridized carbons (Fsp3) is 1.00. The molecule has 0 saturated carbocycles. The molecule has 0 bridgehead atoms. The van der Waals surface area contributed by atoms with Crippen molar-refractivity contribution in [3.8, 4) is 0 Å². The Balaban J connectivity index is 3.73. The van der Waals surface area contributed by atoms with E-state index in [9.17, 15) is 0 Å². The van der Waals surface area contributed by atoms with Crippen LogP contribution in [0.15, 0.2) is 0 Å². The van der Waals surface area contributed by atoms with Crippen LogP contribution >= 0.6 is 0 Å². The van der Waals surface area contributed by atoms with E-state index in [0.29, 0.717) is 0 Å². The smallest absolute Gasteiger partial charge is 0.0166 e. The highest BCUT2D eigenvalue weighted by atomic mass is 14.7. The van der Waals surface area contributed by atoms with E-state index in [1.54, 1.807) is 0 Å². The normalized spacial score (nSPS) is 12.0. The van der Waals surface area contributed by atoms with E-state index in [4.69, 9.17) is 11.5 Å². The molecule has 0 fully saturated rings. The second-order valence-corrected chi connectivity index (χ2v) is 6.94. The minimum Gasteiger partial charge on any atom is -0.330 e. The van der Waals surface area contributed by atoms with Gasteiger partial charge < -0.3 is 11.5 Å². The molecule has 21 heavy (non-hydrogen) atoms. The van der Waals surface area contributed by atoms with E-state index in [1.807, 2.05) is 0 Å². The third kappa shape index (κ3) is 13.3. The van der Waals surface area contributed by atoms with E-state index >= 15 is 0 Å². The Morgan fingerprint density at radius 1 is 0.571 bits per heavy atom. The van der Waals surface area contributed by atoms with Gasteiger partial charge in [-0.25, -0.2) is 0 Å². The lowest BCUT2D eigenvalue weighted by Gasteiger charge is -2.29. The minimum atomic E-state index is 0.0181. The molecule has 0 heterocycles. The molecule has 0 saturated heterocycles. The first-order valence-corrected chi connectivity index (χ1v) is 9.67. The summed E-state index contributed by atoms with van der Waals surface area (Å²) < 4.78 is 0. The number of hydrogen-bond donors (Lipinski definition) is 2. The van der Waals surface area contributed by atoms with E-state index in [-0.39, 0.29) is 5.54 Å². The lowest BCUT2D eigenvalue weighted by molar-refractivity contribution is 0.317. The quantitative estimate of drug-likeness (QED) is 0.368. The summed E-state index contributed by atoms with van der Waals surface area (Å²) in [5.74, 6) is 0. The van der Waals surface area contributed by atoms with Crippen LogP contribution in [0.5, 0.6) is 0 Å². The van der Waals surface area contributed by atoms with Gasteiger partial charge in [-0.05, 0) is 25.8 Å². The zero-order valence-corrected chi connectivity index (χ0v) is 15.0. The molecule has 0 aromatic carbocycles. The molecule has 0 aliphatic heterocycles. The van der Waals surface area contributed by atoms with Crippen LogP contribution < -0.4 is 11.5 Å². The molecule has 4 N–H and O–H groups in total. The maximum absolute atomic E-state index is 6.61. The van der Waals surface area contributed by atoms with E-state index in [2.05, 4.69) is 13.8 Å². The highest BCUT2D eigenvalue weighted by Crippen LogP contribution is 2.24. The molecule has 0 spiro atoms. The van der Waals surface area contributed by atoms with Crippen LogP contribution in [-0.2, 0) is 0 Å². The second kappa shape index (κ2) is 14.8. The summed E-state index contributed by atoms with van der Waals surface area (Å²) in [6.07, 6.45) is 19.6. The lowest BCUT2D eigenvalue weighted by Crippen LogP contribution is -2.41. The van der Waals surface area contributed by atoms with Gasteiger partial charge in [-0.1, -0.05) is 90.9 Å². The molecule has 0 aliphatic carbocycles. The Kier molecular flexibility index (Phi) is 14.8. The van der Waals surface area contributed by atoms with E-state index < -0.39 is 0 Å². The zero-order chi connectivity index (χ0) is 15.8. The maximum Gasteiger partial charge on any atom is 0.0166 e. The van der Waals surface area contributed by atoms with Gasteiger partial charge in [0.05, 0.1) is 0 Å². The lowest BCUT2D eigenvalue weighted by atomic mass is 9.84. The molecule has 2 nitrogen and oxygen atoms in total. The van der Waals surface area contributed by atoms with Crippen LogP contribution in [0.2, 0.25) is 0 Å². The first kappa shape index (κ1) is 20.9. The van der Waals surface area contributed by atoms with Gasteiger partial charge >= 0.3 is 0 Å². The summed E-state index contributed by atoms with van der Waals surface area (Å²) in [6, 6.07) is 0. The summed E-state index contributed by atoms with van der Waals surface area (Å²) in [4.78, 5) is 0. The molecular weight excluding hydrogens is 256 g/mol. The van der Waals surface area contributed by atoms with Gasteiger partial charge in [0.15, 0.2) is 0 Å². The fourth-order valence-corrected chi connectivity index (χ4v) is 3.18. The monoisotopic (exact) mass is 298 g/mol. The van der Waals surface area contributed by atoms with E-state index in [0.717, 1.165) is 13.0 Å². The predicted octanol–water partition coefficient (Wildman–Crippen LogP) is 5.53. The predicted molar refractivity (Wildman–Crippen MR) is 96.6 cm³/mol. The van der Waals surface area contributed by atoms with Crippen molar-refractivity contribution in [1.29, 1.82) is 0 Å². The number of nitrogens with two attached hydrogens (primary N) is 2. The van der Waals surface area contributed by atoms with Crippen molar-refractivity contribution in [2.45, 2.75) is 116 Å². The van der Waals surface area contributed by atoms with Gasteiger partial charge in [-0.2, -0.15) is 0 Å². The molecule has 0 aliphatic rings. The van der Waals surface area contributed by atoms with Crippen molar-refractivity contribution in [3.63, 3.8) is 0 Å². The van der Waals surface area contributed by atoms with Crippen molar-refractivity contribution in [1.82, 2.24) is 0 Å². The van der Waals surface area contributed by atoms with Crippen LogP contribution in [0.3, 0.4) is 0 Å². The highest BCUT2D eigenvalue weighted by molar-refractivity contribution is 4.84. The summed E-state index contributed by atoms with van der Waals surface area (Å²) in [5, 5.41) is 0. The van der Waals surface area contributed by atoms with Crippen LogP contribution in [0, 0.1) is 0 Å². The van der Waals surface area contributed by atoms with Gasteiger partial charge in [0.25, 0.3) is 0 Å². The molecule has 0 radical (unpaired) electrons. The van der Waals surface area contributed by atoms with Crippen LogP contribution in [-0.4, -0.2) is 12.1 Å². The highest BCUT2D eigenvalue weighted by Gasteiger charge is 2.22. The summed E-state index contributed by atoms with van der Waals surface area (Å²) in [6.45, 7) is 5.28.